The first-order valence-corrected chi connectivity index (χ1v) is 11.7. The number of anilines is 1. The third kappa shape index (κ3) is 5.57. The maximum absolute atomic E-state index is 12.3. The Morgan fingerprint density at radius 1 is 1.10 bits per heavy atom. The van der Waals surface area contributed by atoms with Crippen LogP contribution in [-0.4, -0.2) is 32.4 Å². The standard InChI is InChI=1S/C21H30N2O5S/c1-13(2)23-29(26,27)19-8-6-18(7-9-19)22-21(25)14(3)28-20(24)12-17-11-15-4-5-16(17)10-15/h6-9,13-17,23H,4-5,10-12H2,1-3H3,(H,22,25)/t14-,15-,16-,17+/m0/s1. The summed E-state index contributed by atoms with van der Waals surface area (Å²) in [5.41, 5.74) is 0.439. The summed E-state index contributed by atoms with van der Waals surface area (Å²) in [7, 11) is -3.58. The van der Waals surface area contributed by atoms with Crippen LogP contribution >= 0.6 is 0 Å². The first-order valence-electron chi connectivity index (χ1n) is 10.3. The molecular formula is C21H30N2O5S. The summed E-state index contributed by atoms with van der Waals surface area (Å²) in [5, 5.41) is 2.66. The molecule has 0 radical (unpaired) electrons. The highest BCUT2D eigenvalue weighted by atomic mass is 32.2. The van der Waals surface area contributed by atoms with Gasteiger partial charge in [-0.15, -0.1) is 0 Å². The van der Waals surface area contributed by atoms with E-state index in [1.165, 1.54) is 43.5 Å². The van der Waals surface area contributed by atoms with E-state index < -0.39 is 22.0 Å². The van der Waals surface area contributed by atoms with Crippen molar-refractivity contribution in [3.8, 4) is 0 Å². The van der Waals surface area contributed by atoms with Crippen LogP contribution < -0.4 is 10.0 Å². The summed E-state index contributed by atoms with van der Waals surface area (Å²) in [4.78, 5) is 24.7. The lowest BCUT2D eigenvalue weighted by atomic mass is 9.86. The second-order valence-electron chi connectivity index (χ2n) is 8.56. The number of amides is 1. The van der Waals surface area contributed by atoms with Gasteiger partial charge in [0.2, 0.25) is 10.0 Å². The Kier molecular flexibility index (Phi) is 6.63. The largest absolute Gasteiger partial charge is 0.453 e. The van der Waals surface area contributed by atoms with E-state index >= 15 is 0 Å². The summed E-state index contributed by atoms with van der Waals surface area (Å²) in [5.74, 6) is 1.02. The fourth-order valence-corrected chi connectivity index (χ4v) is 5.73. The molecule has 7 nitrogen and oxygen atoms in total. The van der Waals surface area contributed by atoms with Crippen molar-refractivity contribution < 1.29 is 22.7 Å². The predicted molar refractivity (Wildman–Crippen MR) is 110 cm³/mol. The predicted octanol–water partition coefficient (Wildman–Crippen LogP) is 3.07. The number of nitrogens with one attached hydrogen (secondary N) is 2. The quantitative estimate of drug-likeness (QED) is 0.627. The van der Waals surface area contributed by atoms with Crippen molar-refractivity contribution in [2.75, 3.05) is 5.32 Å². The smallest absolute Gasteiger partial charge is 0.306 e. The molecule has 2 aliphatic carbocycles. The molecule has 0 unspecified atom stereocenters. The Balaban J connectivity index is 1.49. The molecule has 8 heteroatoms. The summed E-state index contributed by atoms with van der Waals surface area (Å²) in [6.07, 6.45) is 4.29. The van der Waals surface area contributed by atoms with Gasteiger partial charge in [-0.3, -0.25) is 9.59 Å². The lowest BCUT2D eigenvalue weighted by molar-refractivity contribution is -0.154. The summed E-state index contributed by atoms with van der Waals surface area (Å²) >= 11 is 0. The van der Waals surface area contributed by atoms with Crippen molar-refractivity contribution in [2.45, 2.75) is 69.9 Å². The van der Waals surface area contributed by atoms with Crippen LogP contribution in [-0.2, 0) is 24.3 Å². The van der Waals surface area contributed by atoms with Crippen LogP contribution in [0, 0.1) is 17.8 Å². The van der Waals surface area contributed by atoms with Crippen molar-refractivity contribution in [2.24, 2.45) is 17.8 Å². The van der Waals surface area contributed by atoms with Gasteiger partial charge in [0.15, 0.2) is 6.10 Å². The average Bonchev–Trinajstić information content (AvgIpc) is 3.23. The van der Waals surface area contributed by atoms with Crippen LogP contribution in [0.5, 0.6) is 0 Å². The second kappa shape index (κ2) is 8.83. The number of carbonyl (C=O) groups excluding carboxylic acids is 2. The number of carbonyl (C=O) groups is 2. The first kappa shape index (κ1) is 21.8. The van der Waals surface area contributed by atoms with E-state index in [1.54, 1.807) is 20.8 Å². The molecule has 2 fully saturated rings. The van der Waals surface area contributed by atoms with Crippen molar-refractivity contribution in [1.29, 1.82) is 0 Å². The number of ether oxygens (including phenoxy) is 1. The molecule has 160 valence electrons. The normalized spacial score (nSPS) is 24.5. The highest BCUT2D eigenvalue weighted by molar-refractivity contribution is 7.89. The van der Waals surface area contributed by atoms with Gasteiger partial charge in [0.25, 0.3) is 5.91 Å². The number of hydrogen-bond donors (Lipinski definition) is 2. The number of benzene rings is 1. The molecule has 2 bridgehead atoms. The molecule has 0 saturated heterocycles. The van der Waals surface area contributed by atoms with Crippen molar-refractivity contribution in [1.82, 2.24) is 4.72 Å². The Bertz CT molecular complexity index is 850. The van der Waals surface area contributed by atoms with E-state index in [0.29, 0.717) is 23.9 Å². The molecule has 4 atom stereocenters. The van der Waals surface area contributed by atoms with Crippen molar-refractivity contribution >= 4 is 27.6 Å². The molecule has 1 aromatic rings. The van der Waals surface area contributed by atoms with Crippen molar-refractivity contribution in [3.05, 3.63) is 24.3 Å². The molecule has 1 aromatic carbocycles. The maximum Gasteiger partial charge on any atom is 0.306 e. The molecule has 0 aromatic heterocycles. The van der Waals surface area contributed by atoms with Crippen LogP contribution in [0.3, 0.4) is 0 Å². The minimum atomic E-state index is -3.58. The summed E-state index contributed by atoms with van der Waals surface area (Å²) in [6.45, 7) is 5.03. The monoisotopic (exact) mass is 422 g/mol. The topological polar surface area (TPSA) is 102 Å². The lowest BCUT2D eigenvalue weighted by Crippen LogP contribution is -2.31. The van der Waals surface area contributed by atoms with Gasteiger partial charge in [-0.2, -0.15) is 0 Å². The van der Waals surface area contributed by atoms with E-state index in [2.05, 4.69) is 10.0 Å². The molecule has 0 heterocycles. The van der Waals surface area contributed by atoms with E-state index in [0.717, 1.165) is 12.3 Å². The van der Waals surface area contributed by atoms with Crippen LogP contribution in [0.1, 0.15) is 52.9 Å². The maximum atomic E-state index is 12.3. The number of esters is 1. The lowest BCUT2D eigenvalue weighted by Gasteiger charge is -2.21. The van der Waals surface area contributed by atoms with Gasteiger partial charge in [0.05, 0.1) is 4.90 Å². The van der Waals surface area contributed by atoms with Crippen molar-refractivity contribution in [3.63, 3.8) is 0 Å². The minimum Gasteiger partial charge on any atom is -0.453 e. The van der Waals surface area contributed by atoms with Gasteiger partial charge in [-0.05, 0) is 82.1 Å². The molecule has 0 aliphatic heterocycles. The number of sulfonamides is 1. The van der Waals surface area contributed by atoms with Gasteiger partial charge in [-0.25, -0.2) is 13.1 Å². The Labute approximate surface area is 172 Å². The second-order valence-corrected chi connectivity index (χ2v) is 10.3. The third-order valence-corrected chi connectivity index (χ3v) is 7.49. The molecule has 3 rings (SSSR count). The Morgan fingerprint density at radius 3 is 2.34 bits per heavy atom. The van der Waals surface area contributed by atoms with Gasteiger partial charge < -0.3 is 10.1 Å². The zero-order valence-electron chi connectivity index (χ0n) is 17.2. The fraction of sp³-hybridized carbons (Fsp3) is 0.619. The fourth-order valence-electron chi connectivity index (χ4n) is 4.48. The van der Waals surface area contributed by atoms with E-state index in [4.69, 9.17) is 4.74 Å². The molecule has 29 heavy (non-hydrogen) atoms. The van der Waals surface area contributed by atoms with Crippen LogP contribution in [0.15, 0.2) is 29.2 Å². The van der Waals surface area contributed by atoms with E-state index in [9.17, 15) is 18.0 Å². The van der Waals surface area contributed by atoms with E-state index in [-0.39, 0.29) is 16.9 Å². The van der Waals surface area contributed by atoms with Gasteiger partial charge in [0, 0.05) is 18.2 Å². The van der Waals surface area contributed by atoms with E-state index in [1.807, 2.05) is 0 Å². The van der Waals surface area contributed by atoms with Crippen LogP contribution in [0.2, 0.25) is 0 Å². The molecule has 2 saturated carbocycles. The average molecular weight is 423 g/mol. The highest BCUT2D eigenvalue weighted by Gasteiger charge is 2.40. The zero-order chi connectivity index (χ0) is 21.2. The third-order valence-electron chi connectivity index (χ3n) is 5.81. The van der Waals surface area contributed by atoms with Crippen LogP contribution in [0.25, 0.3) is 0 Å². The summed E-state index contributed by atoms with van der Waals surface area (Å²) in [6, 6.07) is 5.65. The van der Waals surface area contributed by atoms with Gasteiger partial charge in [0.1, 0.15) is 0 Å². The number of fused-ring (bicyclic) bond motifs is 2. The SMILES string of the molecule is CC(C)NS(=O)(=O)c1ccc(NC(=O)[C@H](C)OC(=O)C[C@H]2C[C@H]3CC[C@H]2C3)cc1. The molecular weight excluding hydrogens is 392 g/mol. The summed E-state index contributed by atoms with van der Waals surface area (Å²) < 4.78 is 32.1. The Hall–Kier alpha value is -1.93. The molecule has 2 aliphatic rings. The Morgan fingerprint density at radius 2 is 1.79 bits per heavy atom. The van der Waals surface area contributed by atoms with Gasteiger partial charge >= 0.3 is 5.97 Å². The minimum absolute atomic E-state index is 0.120. The number of rotatable bonds is 8. The number of hydrogen-bond acceptors (Lipinski definition) is 5. The first-order chi connectivity index (χ1) is 13.6. The molecule has 1 amide bonds. The van der Waals surface area contributed by atoms with Gasteiger partial charge in [-0.1, -0.05) is 6.42 Å². The highest BCUT2D eigenvalue weighted by Crippen LogP contribution is 2.49. The zero-order valence-corrected chi connectivity index (χ0v) is 18.0. The van der Waals surface area contributed by atoms with Crippen LogP contribution in [0.4, 0.5) is 5.69 Å². The molecule has 0 spiro atoms. The molecule has 2 N–H and O–H groups in total.